The van der Waals surface area contributed by atoms with Crippen molar-refractivity contribution in [2.75, 3.05) is 32.8 Å². The van der Waals surface area contributed by atoms with Gasteiger partial charge in [-0.15, -0.1) is 0 Å². The highest BCUT2D eigenvalue weighted by Gasteiger charge is 2.05. The number of hydrogen-bond donors (Lipinski definition) is 0. The van der Waals surface area contributed by atoms with Crippen molar-refractivity contribution >= 4 is 0 Å². The van der Waals surface area contributed by atoms with Crippen LogP contribution in [0.2, 0.25) is 0 Å². The van der Waals surface area contributed by atoms with Crippen LogP contribution in [0.15, 0.2) is 0 Å². The van der Waals surface area contributed by atoms with E-state index in [0.717, 1.165) is 19.8 Å². The van der Waals surface area contributed by atoms with Gasteiger partial charge in [-0.1, -0.05) is 155 Å². The zero-order chi connectivity index (χ0) is 24.8. The summed E-state index contributed by atoms with van der Waals surface area (Å²) < 4.78 is 5.65. The van der Waals surface area contributed by atoms with E-state index in [1.807, 2.05) is 0 Å². The molecule has 0 aliphatic heterocycles. The van der Waals surface area contributed by atoms with Crippen LogP contribution in [0.5, 0.6) is 0 Å². The van der Waals surface area contributed by atoms with Crippen LogP contribution in [-0.4, -0.2) is 37.7 Å². The Kier molecular flexibility index (Phi) is 30.9. The van der Waals surface area contributed by atoms with Crippen molar-refractivity contribution < 1.29 is 4.74 Å². The number of ether oxygens (including phenoxy) is 1. The molecule has 0 aliphatic carbocycles. The number of rotatable bonds is 30. The summed E-state index contributed by atoms with van der Waals surface area (Å²) in [6.07, 6.45) is 34.5. The maximum atomic E-state index is 5.65. The number of hydrogen-bond acceptors (Lipinski definition) is 2. The van der Waals surface area contributed by atoms with Crippen molar-refractivity contribution in [2.45, 2.75) is 175 Å². The second kappa shape index (κ2) is 31.0. The monoisotopic (exact) mass is 482 g/mol. The summed E-state index contributed by atoms with van der Waals surface area (Å²) >= 11 is 0. The fourth-order valence-electron chi connectivity index (χ4n) is 5.03. The highest BCUT2D eigenvalue weighted by molar-refractivity contribution is 4.60. The fourth-order valence-corrected chi connectivity index (χ4v) is 5.03. The van der Waals surface area contributed by atoms with Gasteiger partial charge in [0.1, 0.15) is 0 Å². The van der Waals surface area contributed by atoms with Crippen LogP contribution in [0.3, 0.4) is 0 Å². The van der Waals surface area contributed by atoms with Gasteiger partial charge in [0.15, 0.2) is 0 Å². The highest BCUT2D eigenvalue weighted by atomic mass is 16.5. The molecule has 0 radical (unpaired) electrons. The van der Waals surface area contributed by atoms with E-state index in [2.05, 4.69) is 25.7 Å². The summed E-state index contributed by atoms with van der Waals surface area (Å²) in [4.78, 5) is 2.68. The molecular formula is C32H67NO. The minimum atomic E-state index is 0.852. The van der Waals surface area contributed by atoms with E-state index in [0.29, 0.717) is 0 Å². The number of unbranched alkanes of at least 4 members (excludes halogenated alkanes) is 22. The summed E-state index contributed by atoms with van der Waals surface area (Å²) in [5, 5.41) is 0. The Hall–Kier alpha value is -0.0800. The maximum absolute atomic E-state index is 5.65. The van der Waals surface area contributed by atoms with Crippen molar-refractivity contribution in [1.29, 1.82) is 0 Å². The molecule has 0 aliphatic rings. The van der Waals surface area contributed by atoms with E-state index in [4.69, 9.17) is 4.74 Å². The minimum Gasteiger partial charge on any atom is -0.380 e. The molecule has 2 heteroatoms. The normalized spacial score (nSPS) is 11.6. The molecule has 0 saturated heterocycles. The lowest BCUT2D eigenvalue weighted by atomic mass is 10.0. The van der Waals surface area contributed by atoms with E-state index in [-0.39, 0.29) is 0 Å². The van der Waals surface area contributed by atoms with Crippen molar-refractivity contribution in [2.24, 2.45) is 0 Å². The predicted octanol–water partition coefficient (Wildman–Crippen LogP) is 10.7. The topological polar surface area (TPSA) is 12.5 Å². The molecule has 0 bridgehead atoms. The first-order valence-electron chi connectivity index (χ1n) is 16.1. The SMILES string of the molecule is CCCCCCCCCCCCCCN(CCCCCCCCCCCCCC)CCOCC. The molecule has 0 N–H and O–H groups in total. The van der Waals surface area contributed by atoms with Crippen molar-refractivity contribution in [3.63, 3.8) is 0 Å². The lowest BCUT2D eigenvalue weighted by Crippen LogP contribution is -2.30. The highest BCUT2D eigenvalue weighted by Crippen LogP contribution is 2.14. The van der Waals surface area contributed by atoms with Crippen LogP contribution in [0.1, 0.15) is 175 Å². The molecule has 2 nitrogen and oxygen atoms in total. The van der Waals surface area contributed by atoms with Gasteiger partial charge in [-0.05, 0) is 32.9 Å². The smallest absolute Gasteiger partial charge is 0.0593 e. The molecule has 0 amide bonds. The third-order valence-corrected chi connectivity index (χ3v) is 7.41. The van der Waals surface area contributed by atoms with Crippen LogP contribution < -0.4 is 0 Å². The summed E-state index contributed by atoms with van der Waals surface area (Å²) in [5.74, 6) is 0. The minimum absolute atomic E-state index is 0.852. The van der Waals surface area contributed by atoms with E-state index >= 15 is 0 Å². The third kappa shape index (κ3) is 28.2. The van der Waals surface area contributed by atoms with Crippen molar-refractivity contribution in [3.05, 3.63) is 0 Å². The Bertz CT molecular complexity index is 318. The molecule has 0 aromatic rings. The van der Waals surface area contributed by atoms with Gasteiger partial charge >= 0.3 is 0 Å². The van der Waals surface area contributed by atoms with E-state index in [1.54, 1.807) is 0 Å². The van der Waals surface area contributed by atoms with Crippen LogP contribution in [-0.2, 0) is 4.74 Å². The molecule has 34 heavy (non-hydrogen) atoms. The number of nitrogens with zero attached hydrogens (tertiary/aromatic N) is 1. The molecule has 0 fully saturated rings. The van der Waals surface area contributed by atoms with E-state index in [1.165, 1.54) is 167 Å². The van der Waals surface area contributed by atoms with Crippen LogP contribution in [0.25, 0.3) is 0 Å². The first-order valence-corrected chi connectivity index (χ1v) is 16.1. The quantitative estimate of drug-likeness (QED) is 0.0945. The van der Waals surface area contributed by atoms with Gasteiger partial charge in [-0.2, -0.15) is 0 Å². The zero-order valence-electron chi connectivity index (χ0n) is 24.4. The van der Waals surface area contributed by atoms with E-state index < -0.39 is 0 Å². The summed E-state index contributed by atoms with van der Waals surface area (Å²) in [5.41, 5.74) is 0. The second-order valence-electron chi connectivity index (χ2n) is 10.8. The largest absolute Gasteiger partial charge is 0.380 e. The fraction of sp³-hybridized carbons (Fsp3) is 1.00. The van der Waals surface area contributed by atoms with E-state index in [9.17, 15) is 0 Å². The first-order chi connectivity index (χ1) is 16.8. The Balaban J connectivity index is 3.58. The Morgan fingerprint density at radius 2 is 0.647 bits per heavy atom. The molecular weight excluding hydrogens is 414 g/mol. The van der Waals surface area contributed by atoms with Gasteiger partial charge in [-0.3, -0.25) is 0 Å². The molecule has 0 unspecified atom stereocenters. The molecule has 0 atom stereocenters. The molecule has 0 saturated carbocycles. The molecule has 0 rings (SSSR count). The van der Waals surface area contributed by atoms with Gasteiger partial charge in [-0.25, -0.2) is 0 Å². The van der Waals surface area contributed by atoms with Gasteiger partial charge in [0.05, 0.1) is 6.61 Å². The maximum Gasteiger partial charge on any atom is 0.0593 e. The third-order valence-electron chi connectivity index (χ3n) is 7.41. The lowest BCUT2D eigenvalue weighted by Gasteiger charge is -2.22. The average Bonchev–Trinajstić information content (AvgIpc) is 2.85. The van der Waals surface area contributed by atoms with Gasteiger partial charge < -0.3 is 9.64 Å². The molecule has 0 heterocycles. The van der Waals surface area contributed by atoms with Crippen LogP contribution >= 0.6 is 0 Å². The van der Waals surface area contributed by atoms with Crippen molar-refractivity contribution in [3.8, 4) is 0 Å². The van der Waals surface area contributed by atoms with Crippen LogP contribution in [0, 0.1) is 0 Å². The van der Waals surface area contributed by atoms with Crippen molar-refractivity contribution in [1.82, 2.24) is 4.90 Å². The molecule has 0 spiro atoms. The molecule has 0 aromatic heterocycles. The van der Waals surface area contributed by atoms with Crippen LogP contribution in [0.4, 0.5) is 0 Å². The molecule has 0 aromatic carbocycles. The Morgan fingerprint density at radius 1 is 0.353 bits per heavy atom. The zero-order valence-corrected chi connectivity index (χ0v) is 24.4. The summed E-state index contributed by atoms with van der Waals surface area (Å²) in [7, 11) is 0. The summed E-state index contributed by atoms with van der Waals surface area (Å²) in [6, 6.07) is 0. The Morgan fingerprint density at radius 3 is 0.941 bits per heavy atom. The average molecular weight is 482 g/mol. The second-order valence-corrected chi connectivity index (χ2v) is 10.8. The Labute approximate surface area is 217 Å². The van der Waals surface area contributed by atoms with Gasteiger partial charge in [0.25, 0.3) is 0 Å². The summed E-state index contributed by atoms with van der Waals surface area (Å²) in [6.45, 7) is 12.2. The van der Waals surface area contributed by atoms with Gasteiger partial charge in [0.2, 0.25) is 0 Å². The molecule has 206 valence electrons. The van der Waals surface area contributed by atoms with Gasteiger partial charge in [0, 0.05) is 13.2 Å². The predicted molar refractivity (Wildman–Crippen MR) is 155 cm³/mol. The standard InChI is InChI=1S/C32H67NO/c1-4-7-9-11-13-15-17-19-21-23-25-27-29-33(31-32-34-6-3)30-28-26-24-22-20-18-16-14-12-10-8-5-2/h4-32H2,1-3H3. The lowest BCUT2D eigenvalue weighted by molar-refractivity contribution is 0.111. The first kappa shape index (κ1) is 33.9.